The molecule has 0 aromatic carbocycles. The van der Waals surface area contributed by atoms with E-state index in [0.29, 0.717) is 19.3 Å². The van der Waals surface area contributed by atoms with Gasteiger partial charge in [0.1, 0.15) is 0 Å². The van der Waals surface area contributed by atoms with E-state index in [9.17, 15) is 18.1 Å². The molecule has 0 aromatic rings. The summed E-state index contributed by atoms with van der Waals surface area (Å²) >= 11 is 0. The fourth-order valence-corrected chi connectivity index (χ4v) is 4.31. The molecule has 0 fully saturated rings. The van der Waals surface area contributed by atoms with E-state index in [2.05, 4.69) is 6.92 Å². The Balaban J connectivity index is 0. The van der Waals surface area contributed by atoms with Gasteiger partial charge >= 0.3 is 29.6 Å². The third kappa shape index (κ3) is 19.9. The Morgan fingerprint density at radius 3 is 1.48 bits per heavy atom. The minimum atomic E-state index is -4.22. The molecular weight excluding hydrogens is 371 g/mol. The first-order valence-electron chi connectivity index (χ1n) is 11.0. The summed E-state index contributed by atoms with van der Waals surface area (Å²) in [6.45, 7) is 3.96. The van der Waals surface area contributed by atoms with Gasteiger partial charge in [0, 0.05) is 5.25 Å². The Kier molecular flexibility index (Phi) is 22.4. The number of hydrogen-bond donors (Lipinski definition) is 1. The van der Waals surface area contributed by atoms with Crippen molar-refractivity contribution in [3.05, 3.63) is 0 Å². The maximum absolute atomic E-state index is 11.0. The van der Waals surface area contributed by atoms with Crippen LogP contribution in [-0.4, -0.2) is 29.4 Å². The third-order valence-corrected chi connectivity index (χ3v) is 6.71. The predicted octanol–water partition coefficient (Wildman–Crippen LogP) is 2.94. The molecule has 0 spiro atoms. The van der Waals surface area contributed by atoms with Crippen LogP contribution in [0.3, 0.4) is 0 Å². The van der Waals surface area contributed by atoms with Crippen molar-refractivity contribution in [1.82, 2.24) is 0 Å². The van der Waals surface area contributed by atoms with E-state index < -0.39 is 21.5 Å². The zero-order valence-corrected chi connectivity index (χ0v) is 21.1. The molecule has 2 atom stereocenters. The summed E-state index contributed by atoms with van der Waals surface area (Å²) in [5, 5.41) is 9.10. The van der Waals surface area contributed by atoms with Crippen LogP contribution in [0.2, 0.25) is 0 Å². The molecule has 0 aliphatic carbocycles. The Morgan fingerprint density at radius 1 is 0.704 bits per heavy atom. The maximum atomic E-state index is 11.0. The molecular formula is C21H43NaO4S. The average Bonchev–Trinajstić information content (AvgIpc) is 2.58. The van der Waals surface area contributed by atoms with Gasteiger partial charge in [-0.3, -0.25) is 0 Å². The van der Waals surface area contributed by atoms with E-state index in [0.717, 1.165) is 12.8 Å². The van der Waals surface area contributed by atoms with Crippen molar-refractivity contribution in [3.63, 3.8) is 0 Å². The van der Waals surface area contributed by atoms with E-state index in [-0.39, 0.29) is 36.0 Å². The quantitative estimate of drug-likeness (QED) is 0.200. The fraction of sp³-hybridized carbons (Fsp3) is 1.00. The number of rotatable bonds is 19. The van der Waals surface area contributed by atoms with Crippen molar-refractivity contribution in [2.24, 2.45) is 0 Å². The molecule has 0 amide bonds. The van der Waals surface area contributed by atoms with Crippen molar-refractivity contribution >= 4 is 10.1 Å². The zero-order chi connectivity index (χ0) is 19.7. The standard InChI is InChI=1S/C21H44O4S.Na/c1-3-5-6-7-8-9-10-11-12-13-14-15-16-17-20(22)18-19-21(4-2)26(23,24)25;/h20-22H,3-19H2,1-2H3,(H,23,24,25);/q;+1/p-1. The van der Waals surface area contributed by atoms with Crippen molar-refractivity contribution in [3.8, 4) is 0 Å². The summed E-state index contributed by atoms with van der Waals surface area (Å²) in [5.74, 6) is 0. The van der Waals surface area contributed by atoms with Gasteiger partial charge in [-0.2, -0.15) is 0 Å². The van der Waals surface area contributed by atoms with Crippen LogP contribution in [0, 0.1) is 0 Å². The SMILES string of the molecule is CCCCCCCCCCCCCCCC(O)CCC(CC)S(=O)(=O)[O-].[Na+]. The van der Waals surface area contributed by atoms with Gasteiger partial charge in [0.05, 0.1) is 16.2 Å². The molecule has 0 radical (unpaired) electrons. The predicted molar refractivity (Wildman–Crippen MR) is 109 cm³/mol. The smallest absolute Gasteiger partial charge is 0.748 e. The van der Waals surface area contributed by atoms with Gasteiger partial charge in [-0.05, 0) is 25.7 Å². The summed E-state index contributed by atoms with van der Waals surface area (Å²) in [6, 6.07) is 0. The van der Waals surface area contributed by atoms with Gasteiger partial charge in [0.2, 0.25) is 0 Å². The van der Waals surface area contributed by atoms with Crippen LogP contribution in [0.5, 0.6) is 0 Å². The van der Waals surface area contributed by atoms with Crippen molar-refractivity contribution in [2.75, 3.05) is 0 Å². The second-order valence-corrected chi connectivity index (χ2v) is 9.44. The molecule has 0 bridgehead atoms. The molecule has 0 rings (SSSR count). The second-order valence-electron chi connectivity index (χ2n) is 7.79. The molecule has 0 aliphatic heterocycles. The Morgan fingerprint density at radius 2 is 1.11 bits per heavy atom. The van der Waals surface area contributed by atoms with E-state index in [1.165, 1.54) is 70.6 Å². The van der Waals surface area contributed by atoms with E-state index in [1.807, 2.05) is 0 Å². The molecule has 2 unspecified atom stereocenters. The molecule has 0 aromatic heterocycles. The van der Waals surface area contributed by atoms with Crippen LogP contribution in [0.4, 0.5) is 0 Å². The van der Waals surface area contributed by atoms with E-state index >= 15 is 0 Å². The van der Waals surface area contributed by atoms with Crippen LogP contribution >= 0.6 is 0 Å². The number of aliphatic hydroxyl groups excluding tert-OH is 1. The summed E-state index contributed by atoms with van der Waals surface area (Å²) < 4.78 is 33.1. The van der Waals surface area contributed by atoms with E-state index in [4.69, 9.17) is 0 Å². The molecule has 27 heavy (non-hydrogen) atoms. The first kappa shape index (κ1) is 30.1. The molecule has 158 valence electrons. The molecule has 0 saturated heterocycles. The summed E-state index contributed by atoms with van der Waals surface area (Å²) in [7, 11) is -4.22. The number of unbranched alkanes of at least 4 members (excludes halogenated alkanes) is 12. The largest absolute Gasteiger partial charge is 1.00 e. The Hall–Kier alpha value is 0.870. The Bertz CT molecular complexity index is 401. The normalized spacial score (nSPS) is 13.9. The van der Waals surface area contributed by atoms with Crippen LogP contribution < -0.4 is 29.6 Å². The van der Waals surface area contributed by atoms with Gasteiger partial charge in [0.25, 0.3) is 0 Å². The van der Waals surface area contributed by atoms with Crippen LogP contribution in [0.25, 0.3) is 0 Å². The Labute approximate surface area is 191 Å². The third-order valence-electron chi connectivity index (χ3n) is 5.33. The van der Waals surface area contributed by atoms with Gasteiger partial charge in [-0.15, -0.1) is 0 Å². The van der Waals surface area contributed by atoms with Crippen LogP contribution in [0.1, 0.15) is 123 Å². The topological polar surface area (TPSA) is 77.4 Å². The first-order chi connectivity index (χ1) is 12.4. The number of aliphatic hydroxyl groups is 1. The van der Waals surface area contributed by atoms with Crippen molar-refractivity contribution in [1.29, 1.82) is 0 Å². The molecule has 6 heteroatoms. The molecule has 0 aliphatic rings. The van der Waals surface area contributed by atoms with Crippen LogP contribution in [-0.2, 0) is 10.1 Å². The van der Waals surface area contributed by atoms with E-state index in [1.54, 1.807) is 6.92 Å². The monoisotopic (exact) mass is 414 g/mol. The summed E-state index contributed by atoms with van der Waals surface area (Å²) in [4.78, 5) is 0. The van der Waals surface area contributed by atoms with Crippen molar-refractivity contribution in [2.45, 2.75) is 134 Å². The van der Waals surface area contributed by atoms with Crippen LogP contribution in [0.15, 0.2) is 0 Å². The average molecular weight is 415 g/mol. The van der Waals surface area contributed by atoms with Crippen molar-refractivity contribution < 1.29 is 47.6 Å². The summed E-state index contributed by atoms with van der Waals surface area (Å²) in [6.07, 6.45) is 18.2. The minimum Gasteiger partial charge on any atom is -0.748 e. The minimum absolute atomic E-state index is 0. The summed E-state index contributed by atoms with van der Waals surface area (Å²) in [5.41, 5.74) is 0. The second kappa shape index (κ2) is 20.2. The van der Waals surface area contributed by atoms with Gasteiger partial charge in [-0.1, -0.05) is 97.3 Å². The molecule has 0 heterocycles. The molecule has 0 saturated carbocycles. The number of hydrogen-bond acceptors (Lipinski definition) is 4. The zero-order valence-electron chi connectivity index (χ0n) is 18.3. The molecule has 4 nitrogen and oxygen atoms in total. The molecule has 1 N–H and O–H groups in total. The fourth-order valence-electron chi connectivity index (χ4n) is 3.47. The first-order valence-corrected chi connectivity index (χ1v) is 12.5. The van der Waals surface area contributed by atoms with Gasteiger partial charge < -0.3 is 9.66 Å². The van der Waals surface area contributed by atoms with Gasteiger partial charge in [-0.25, -0.2) is 8.42 Å². The van der Waals surface area contributed by atoms with Gasteiger partial charge in [0.15, 0.2) is 0 Å². The maximum Gasteiger partial charge on any atom is 1.00 e.